The van der Waals surface area contributed by atoms with E-state index in [1.807, 2.05) is 18.1 Å². The molecule has 1 amide bonds. The first-order chi connectivity index (χ1) is 13.4. The number of aromatic nitrogens is 1. The van der Waals surface area contributed by atoms with E-state index in [2.05, 4.69) is 43.2 Å². The summed E-state index contributed by atoms with van der Waals surface area (Å²) in [6.45, 7) is 6.00. The average Bonchev–Trinajstić information content (AvgIpc) is 3.00. The first-order valence-electron chi connectivity index (χ1n) is 11.3. The number of carbonyl (C=O) groups excluding carboxylic acids is 1. The predicted octanol–water partition coefficient (Wildman–Crippen LogP) is 5.19. The molecule has 0 radical (unpaired) electrons. The van der Waals surface area contributed by atoms with Crippen LogP contribution >= 0.6 is 0 Å². The van der Waals surface area contributed by atoms with E-state index in [0.717, 1.165) is 30.7 Å². The molecule has 1 aromatic heterocycles. The van der Waals surface area contributed by atoms with E-state index >= 15 is 0 Å². The van der Waals surface area contributed by atoms with Gasteiger partial charge in [0.15, 0.2) is 0 Å². The number of allylic oxidation sites excluding steroid dienone is 2. The molecule has 150 valence electrons. The van der Waals surface area contributed by atoms with Crippen molar-refractivity contribution in [2.24, 2.45) is 34.5 Å². The van der Waals surface area contributed by atoms with Gasteiger partial charge in [-0.05, 0) is 90.2 Å². The van der Waals surface area contributed by atoms with Crippen LogP contribution in [-0.4, -0.2) is 29.4 Å². The molecule has 3 fully saturated rings. The van der Waals surface area contributed by atoms with E-state index in [0.29, 0.717) is 22.7 Å². The van der Waals surface area contributed by atoms with Crippen molar-refractivity contribution in [2.45, 2.75) is 58.8 Å². The highest BCUT2D eigenvalue weighted by atomic mass is 16.2. The molecule has 1 aromatic rings. The van der Waals surface area contributed by atoms with Crippen LogP contribution in [0.25, 0.3) is 5.57 Å². The Morgan fingerprint density at radius 2 is 2.00 bits per heavy atom. The van der Waals surface area contributed by atoms with Crippen molar-refractivity contribution in [3.8, 4) is 0 Å². The number of carbonyl (C=O) groups is 1. The van der Waals surface area contributed by atoms with E-state index in [9.17, 15) is 4.79 Å². The zero-order chi connectivity index (χ0) is 19.5. The number of pyridine rings is 1. The third kappa shape index (κ3) is 2.54. The zero-order valence-electron chi connectivity index (χ0n) is 17.7. The number of likely N-dealkylation sites (tertiary alicyclic amines) is 1. The Balaban J connectivity index is 1.44. The molecule has 2 saturated carbocycles. The molecule has 0 aromatic carbocycles. The van der Waals surface area contributed by atoms with Crippen molar-refractivity contribution < 1.29 is 4.79 Å². The lowest BCUT2D eigenvalue weighted by Gasteiger charge is -2.58. The van der Waals surface area contributed by atoms with Gasteiger partial charge in [-0.3, -0.25) is 9.78 Å². The Hall–Kier alpha value is -1.64. The second-order valence-corrected chi connectivity index (χ2v) is 10.5. The molecule has 4 aliphatic rings. The SMILES string of the molecule is CN1CCC2(C)C(CCC3C4CC=C(c5cccnc5)C4(C)CCC32)CC1=O. The lowest BCUT2D eigenvalue weighted by atomic mass is 9.46. The van der Waals surface area contributed by atoms with Crippen molar-refractivity contribution in [2.75, 3.05) is 13.6 Å². The van der Waals surface area contributed by atoms with Gasteiger partial charge in [-0.1, -0.05) is 26.0 Å². The average molecular weight is 379 g/mol. The molecule has 3 heteroatoms. The molecule has 5 rings (SSSR count). The van der Waals surface area contributed by atoms with Crippen LogP contribution in [0.15, 0.2) is 30.6 Å². The van der Waals surface area contributed by atoms with Crippen LogP contribution in [0.4, 0.5) is 0 Å². The molecule has 3 aliphatic carbocycles. The van der Waals surface area contributed by atoms with Gasteiger partial charge >= 0.3 is 0 Å². The number of nitrogens with zero attached hydrogens (tertiary/aromatic N) is 2. The van der Waals surface area contributed by atoms with Gasteiger partial charge in [-0.2, -0.15) is 0 Å². The van der Waals surface area contributed by atoms with Crippen LogP contribution in [0.2, 0.25) is 0 Å². The zero-order valence-corrected chi connectivity index (χ0v) is 17.7. The maximum absolute atomic E-state index is 12.5. The van der Waals surface area contributed by atoms with Gasteiger partial charge in [-0.25, -0.2) is 0 Å². The van der Waals surface area contributed by atoms with Gasteiger partial charge in [0, 0.05) is 32.4 Å². The number of hydrogen-bond donors (Lipinski definition) is 0. The lowest BCUT2D eigenvalue weighted by molar-refractivity contribution is -0.131. The van der Waals surface area contributed by atoms with Gasteiger partial charge < -0.3 is 4.90 Å². The summed E-state index contributed by atoms with van der Waals surface area (Å²) in [6.07, 6.45) is 14.8. The fourth-order valence-electron chi connectivity index (χ4n) is 7.70. The van der Waals surface area contributed by atoms with Gasteiger partial charge in [0.25, 0.3) is 0 Å². The second kappa shape index (κ2) is 6.43. The Bertz CT molecular complexity index is 802. The van der Waals surface area contributed by atoms with Crippen LogP contribution < -0.4 is 0 Å². The second-order valence-electron chi connectivity index (χ2n) is 10.5. The monoisotopic (exact) mass is 378 g/mol. The van der Waals surface area contributed by atoms with Crippen LogP contribution in [0.5, 0.6) is 0 Å². The van der Waals surface area contributed by atoms with Gasteiger partial charge in [0.2, 0.25) is 5.91 Å². The van der Waals surface area contributed by atoms with Crippen LogP contribution in [0.1, 0.15) is 64.4 Å². The van der Waals surface area contributed by atoms with Gasteiger partial charge in [-0.15, -0.1) is 0 Å². The summed E-state index contributed by atoms with van der Waals surface area (Å²) in [4.78, 5) is 18.9. The topological polar surface area (TPSA) is 33.2 Å². The van der Waals surface area contributed by atoms with Crippen molar-refractivity contribution in [1.29, 1.82) is 0 Å². The molecule has 0 N–H and O–H groups in total. The molecular formula is C25H34N2O. The highest BCUT2D eigenvalue weighted by Crippen LogP contribution is 2.66. The number of hydrogen-bond acceptors (Lipinski definition) is 2. The highest BCUT2D eigenvalue weighted by Gasteiger charge is 2.58. The first-order valence-corrected chi connectivity index (χ1v) is 11.3. The largest absolute Gasteiger partial charge is 0.346 e. The summed E-state index contributed by atoms with van der Waals surface area (Å²) in [6, 6.07) is 4.31. The number of rotatable bonds is 1. The van der Waals surface area contributed by atoms with Gasteiger partial charge in [0.1, 0.15) is 0 Å². The minimum absolute atomic E-state index is 0.296. The molecular weight excluding hydrogens is 344 g/mol. The van der Waals surface area contributed by atoms with Crippen molar-refractivity contribution in [3.05, 3.63) is 36.2 Å². The third-order valence-corrected chi connectivity index (χ3v) is 9.45. The maximum atomic E-state index is 12.5. The van der Waals surface area contributed by atoms with E-state index in [-0.39, 0.29) is 0 Å². The third-order valence-electron chi connectivity index (χ3n) is 9.45. The molecule has 2 heterocycles. The summed E-state index contributed by atoms with van der Waals surface area (Å²) in [7, 11) is 2.00. The first kappa shape index (κ1) is 18.4. The Morgan fingerprint density at radius 1 is 1.14 bits per heavy atom. The smallest absolute Gasteiger partial charge is 0.222 e. The molecule has 0 bridgehead atoms. The Morgan fingerprint density at radius 3 is 2.79 bits per heavy atom. The van der Waals surface area contributed by atoms with E-state index in [1.165, 1.54) is 44.1 Å². The fourth-order valence-corrected chi connectivity index (χ4v) is 7.70. The molecule has 28 heavy (non-hydrogen) atoms. The summed E-state index contributed by atoms with van der Waals surface area (Å²) in [5, 5.41) is 0. The standard InChI is InChI=1S/C25H34N2O/c1-24-12-14-27(3)23(28)15-18(24)6-7-19-21-9-8-20(17-5-4-13-26-16-17)25(21,2)11-10-22(19)24/h4-5,8,13,16,18-19,21-22H,6-7,9-12,14-15H2,1-3H3. The fraction of sp³-hybridized carbons (Fsp3) is 0.680. The summed E-state index contributed by atoms with van der Waals surface area (Å²) in [5.41, 5.74) is 3.51. The normalized spacial score (nSPS) is 42.9. The lowest BCUT2D eigenvalue weighted by Crippen LogP contribution is -2.51. The Kier molecular flexibility index (Phi) is 4.23. The summed E-state index contributed by atoms with van der Waals surface area (Å²) < 4.78 is 0. The molecule has 1 saturated heterocycles. The minimum Gasteiger partial charge on any atom is -0.346 e. The Labute approximate surface area is 169 Å². The summed E-state index contributed by atoms with van der Waals surface area (Å²) >= 11 is 0. The minimum atomic E-state index is 0.296. The molecule has 1 aliphatic heterocycles. The van der Waals surface area contributed by atoms with Crippen LogP contribution in [0.3, 0.4) is 0 Å². The summed E-state index contributed by atoms with van der Waals surface area (Å²) in [5.74, 6) is 3.31. The number of fused-ring (bicyclic) bond motifs is 5. The number of amides is 1. The molecule has 6 atom stereocenters. The van der Waals surface area contributed by atoms with Gasteiger partial charge in [0.05, 0.1) is 0 Å². The van der Waals surface area contributed by atoms with E-state index in [1.54, 1.807) is 5.57 Å². The van der Waals surface area contributed by atoms with E-state index in [4.69, 9.17) is 0 Å². The van der Waals surface area contributed by atoms with Crippen molar-refractivity contribution in [1.82, 2.24) is 9.88 Å². The van der Waals surface area contributed by atoms with Crippen molar-refractivity contribution in [3.63, 3.8) is 0 Å². The maximum Gasteiger partial charge on any atom is 0.222 e. The molecule has 0 spiro atoms. The van der Waals surface area contributed by atoms with Crippen molar-refractivity contribution >= 4 is 11.5 Å². The molecule has 6 unspecified atom stereocenters. The molecule has 3 nitrogen and oxygen atoms in total. The van der Waals surface area contributed by atoms with Crippen LogP contribution in [0, 0.1) is 34.5 Å². The highest BCUT2D eigenvalue weighted by molar-refractivity contribution is 5.76. The predicted molar refractivity (Wildman–Crippen MR) is 112 cm³/mol. The van der Waals surface area contributed by atoms with Crippen LogP contribution in [-0.2, 0) is 4.79 Å². The van der Waals surface area contributed by atoms with E-state index < -0.39 is 0 Å². The quantitative estimate of drug-likeness (QED) is 0.674.